The minimum absolute atomic E-state index is 0.0236. The predicted octanol–water partition coefficient (Wildman–Crippen LogP) is 2.06. The van der Waals surface area contributed by atoms with E-state index in [1.165, 1.54) is 17.7 Å². The van der Waals surface area contributed by atoms with Crippen LogP contribution in [0.2, 0.25) is 0 Å². The Kier molecular flexibility index (Phi) is 4.78. The van der Waals surface area contributed by atoms with Gasteiger partial charge in [-0.25, -0.2) is 8.42 Å². The number of rotatable bonds is 6. The fourth-order valence-electron chi connectivity index (χ4n) is 1.49. The highest BCUT2D eigenvalue weighted by molar-refractivity contribution is 7.91. The van der Waals surface area contributed by atoms with Gasteiger partial charge in [-0.2, -0.15) is 13.2 Å². The summed E-state index contributed by atoms with van der Waals surface area (Å²) < 4.78 is 60.3. The van der Waals surface area contributed by atoms with Crippen molar-refractivity contribution in [2.24, 2.45) is 0 Å². The number of halogens is 3. The SMILES string of the molecule is CCS(=O)(=O)CCCn1ccc(C(=O)C(F)(F)F)c1. The lowest BCUT2D eigenvalue weighted by Gasteiger charge is -2.04. The second-order valence-corrected chi connectivity index (χ2v) is 6.53. The van der Waals surface area contributed by atoms with Crippen LogP contribution in [0.25, 0.3) is 0 Å². The van der Waals surface area contributed by atoms with Gasteiger partial charge in [0.05, 0.1) is 5.75 Å². The molecular formula is C11H14F3NO3S. The Morgan fingerprint density at radius 1 is 1.37 bits per heavy atom. The van der Waals surface area contributed by atoms with Crippen molar-refractivity contribution in [2.75, 3.05) is 11.5 Å². The van der Waals surface area contributed by atoms with E-state index in [1.54, 1.807) is 0 Å². The predicted molar refractivity (Wildman–Crippen MR) is 63.8 cm³/mol. The van der Waals surface area contributed by atoms with Gasteiger partial charge in [0.1, 0.15) is 9.84 Å². The molecule has 0 saturated carbocycles. The zero-order chi connectivity index (χ0) is 14.7. The largest absolute Gasteiger partial charge is 0.454 e. The van der Waals surface area contributed by atoms with Crippen molar-refractivity contribution in [3.63, 3.8) is 0 Å². The van der Waals surface area contributed by atoms with Gasteiger partial charge in [-0.1, -0.05) is 6.92 Å². The number of Topliss-reactive ketones (excluding diaryl/α,β-unsaturated/α-hetero) is 1. The van der Waals surface area contributed by atoms with Gasteiger partial charge >= 0.3 is 6.18 Å². The minimum atomic E-state index is -4.89. The Bertz CT molecular complexity index is 546. The molecule has 19 heavy (non-hydrogen) atoms. The second kappa shape index (κ2) is 5.77. The van der Waals surface area contributed by atoms with E-state index in [9.17, 15) is 26.4 Å². The monoisotopic (exact) mass is 297 g/mol. The van der Waals surface area contributed by atoms with Crippen LogP contribution in [0.4, 0.5) is 13.2 Å². The van der Waals surface area contributed by atoms with E-state index in [0.717, 1.165) is 12.3 Å². The standard InChI is InChI=1S/C11H14F3NO3S/c1-2-19(17,18)7-3-5-15-6-4-9(8-15)10(16)11(12,13)14/h4,6,8H,2-3,5,7H2,1H3. The minimum Gasteiger partial charge on any atom is -0.353 e. The Hall–Kier alpha value is -1.31. The van der Waals surface area contributed by atoms with E-state index in [-0.39, 0.29) is 18.1 Å². The molecule has 1 rings (SSSR count). The first-order chi connectivity index (χ1) is 8.65. The summed E-state index contributed by atoms with van der Waals surface area (Å²) in [4.78, 5) is 10.9. The number of aromatic nitrogens is 1. The summed E-state index contributed by atoms with van der Waals surface area (Å²) in [7, 11) is -3.08. The van der Waals surface area contributed by atoms with Crippen molar-refractivity contribution >= 4 is 15.6 Å². The van der Waals surface area contributed by atoms with Crippen LogP contribution < -0.4 is 0 Å². The van der Waals surface area contributed by atoms with Gasteiger partial charge in [0.25, 0.3) is 5.78 Å². The van der Waals surface area contributed by atoms with E-state index in [0.29, 0.717) is 6.42 Å². The molecule has 108 valence electrons. The highest BCUT2D eigenvalue weighted by Crippen LogP contribution is 2.21. The Morgan fingerprint density at radius 2 is 2.00 bits per heavy atom. The van der Waals surface area contributed by atoms with Gasteiger partial charge in [0.15, 0.2) is 0 Å². The summed E-state index contributed by atoms with van der Waals surface area (Å²) in [6.45, 7) is 1.79. The highest BCUT2D eigenvalue weighted by atomic mass is 32.2. The number of hydrogen-bond acceptors (Lipinski definition) is 3. The molecule has 1 aromatic heterocycles. The molecule has 0 N–H and O–H groups in total. The first kappa shape index (κ1) is 15.7. The fraction of sp³-hybridized carbons (Fsp3) is 0.545. The van der Waals surface area contributed by atoms with Crippen LogP contribution in [-0.4, -0.2) is 36.5 Å². The molecule has 0 fully saturated rings. The molecular weight excluding hydrogens is 283 g/mol. The Labute approximate surface area is 109 Å². The number of carbonyl (C=O) groups excluding carboxylic acids is 1. The maximum Gasteiger partial charge on any atom is 0.454 e. The molecule has 0 atom stereocenters. The average Bonchev–Trinajstić information content (AvgIpc) is 2.75. The molecule has 0 bridgehead atoms. The molecule has 0 aliphatic rings. The maximum atomic E-state index is 12.2. The lowest BCUT2D eigenvalue weighted by Crippen LogP contribution is -2.22. The number of hydrogen-bond donors (Lipinski definition) is 0. The third kappa shape index (κ3) is 4.70. The van der Waals surface area contributed by atoms with Crippen molar-refractivity contribution in [3.8, 4) is 0 Å². The molecule has 0 radical (unpaired) electrons. The van der Waals surface area contributed by atoms with Crippen LogP contribution in [-0.2, 0) is 16.4 Å². The van der Waals surface area contributed by atoms with E-state index in [2.05, 4.69) is 0 Å². The topological polar surface area (TPSA) is 56.1 Å². The zero-order valence-electron chi connectivity index (χ0n) is 10.3. The third-order valence-corrected chi connectivity index (χ3v) is 4.37. The van der Waals surface area contributed by atoms with Crippen LogP contribution in [0.15, 0.2) is 18.5 Å². The molecule has 0 aliphatic heterocycles. The normalized spacial score (nSPS) is 12.6. The summed E-state index contributed by atoms with van der Waals surface area (Å²) in [5.41, 5.74) is -0.439. The first-order valence-electron chi connectivity index (χ1n) is 5.63. The van der Waals surface area contributed by atoms with E-state index in [4.69, 9.17) is 0 Å². The Balaban J connectivity index is 2.60. The van der Waals surface area contributed by atoms with Crippen molar-refractivity contribution in [3.05, 3.63) is 24.0 Å². The van der Waals surface area contributed by atoms with Crippen LogP contribution >= 0.6 is 0 Å². The average molecular weight is 297 g/mol. The van der Waals surface area contributed by atoms with Crippen molar-refractivity contribution in [2.45, 2.75) is 26.1 Å². The summed E-state index contributed by atoms with van der Waals surface area (Å²) in [5.74, 6) is -1.88. The van der Waals surface area contributed by atoms with Gasteiger partial charge in [-0.05, 0) is 12.5 Å². The molecule has 0 spiro atoms. The molecule has 0 unspecified atom stereocenters. The molecule has 8 heteroatoms. The fourth-order valence-corrected chi connectivity index (χ4v) is 2.35. The van der Waals surface area contributed by atoms with Gasteiger partial charge in [-0.3, -0.25) is 4.79 Å². The molecule has 0 amide bonds. The molecule has 4 nitrogen and oxygen atoms in total. The van der Waals surface area contributed by atoms with Crippen LogP contribution in [0.1, 0.15) is 23.7 Å². The zero-order valence-corrected chi connectivity index (χ0v) is 11.1. The van der Waals surface area contributed by atoms with E-state index >= 15 is 0 Å². The van der Waals surface area contributed by atoms with Crippen molar-refractivity contribution in [1.29, 1.82) is 0 Å². The summed E-state index contributed by atoms with van der Waals surface area (Å²) in [5, 5.41) is 0. The Morgan fingerprint density at radius 3 is 2.53 bits per heavy atom. The van der Waals surface area contributed by atoms with Gasteiger partial charge in [-0.15, -0.1) is 0 Å². The number of ketones is 1. The lowest BCUT2D eigenvalue weighted by atomic mass is 10.2. The van der Waals surface area contributed by atoms with Crippen molar-refractivity contribution < 1.29 is 26.4 Å². The van der Waals surface area contributed by atoms with Gasteiger partial charge in [0.2, 0.25) is 0 Å². The second-order valence-electron chi connectivity index (χ2n) is 4.05. The number of nitrogens with zero attached hydrogens (tertiary/aromatic N) is 1. The van der Waals surface area contributed by atoms with Gasteiger partial charge < -0.3 is 4.57 Å². The number of aryl methyl sites for hydroxylation is 1. The van der Waals surface area contributed by atoms with E-state index < -0.39 is 27.4 Å². The first-order valence-corrected chi connectivity index (χ1v) is 7.45. The van der Waals surface area contributed by atoms with Crippen LogP contribution in [0, 0.1) is 0 Å². The number of alkyl halides is 3. The van der Waals surface area contributed by atoms with Crippen LogP contribution in [0.5, 0.6) is 0 Å². The molecule has 0 saturated heterocycles. The molecule has 0 aliphatic carbocycles. The molecule has 0 aromatic carbocycles. The van der Waals surface area contributed by atoms with Crippen LogP contribution in [0.3, 0.4) is 0 Å². The highest BCUT2D eigenvalue weighted by Gasteiger charge is 2.39. The molecule has 1 heterocycles. The maximum absolute atomic E-state index is 12.2. The number of sulfone groups is 1. The third-order valence-electron chi connectivity index (χ3n) is 2.58. The smallest absolute Gasteiger partial charge is 0.353 e. The quantitative estimate of drug-likeness (QED) is 0.755. The summed E-state index contributed by atoms with van der Waals surface area (Å²) in [6, 6.07) is 1.07. The number of carbonyl (C=O) groups is 1. The van der Waals surface area contributed by atoms with Gasteiger partial charge in [0, 0.05) is 30.3 Å². The lowest BCUT2D eigenvalue weighted by molar-refractivity contribution is -0.0885. The summed E-state index contributed by atoms with van der Waals surface area (Å²) >= 11 is 0. The van der Waals surface area contributed by atoms with Crippen molar-refractivity contribution in [1.82, 2.24) is 4.57 Å². The molecule has 1 aromatic rings. The summed E-state index contributed by atoms with van der Waals surface area (Å²) in [6.07, 6.45) is -2.19. The van der Waals surface area contributed by atoms with E-state index in [1.807, 2.05) is 0 Å².